The van der Waals surface area contributed by atoms with Crippen LogP contribution in [-0.4, -0.2) is 52.7 Å². The Kier molecular flexibility index (Phi) is 6.02. The summed E-state index contributed by atoms with van der Waals surface area (Å²) in [4.78, 5) is 4.17. The zero-order valence-corrected chi connectivity index (χ0v) is 9.46. The van der Waals surface area contributed by atoms with Crippen LogP contribution in [0.1, 0.15) is 5.69 Å². The van der Waals surface area contributed by atoms with Crippen LogP contribution in [0.5, 0.6) is 0 Å². The van der Waals surface area contributed by atoms with Crippen LogP contribution in [0, 0.1) is 0 Å². The van der Waals surface area contributed by atoms with E-state index in [-0.39, 0.29) is 6.61 Å². The number of aliphatic hydroxyl groups is 2. The van der Waals surface area contributed by atoms with Crippen LogP contribution in [0.2, 0.25) is 0 Å². The Bertz CT molecular complexity index is 291. The Morgan fingerprint density at radius 1 is 1.62 bits per heavy atom. The molecule has 1 atom stereocenters. The molecular formula is C10H19N3O3. The van der Waals surface area contributed by atoms with Crippen molar-refractivity contribution in [2.24, 2.45) is 0 Å². The van der Waals surface area contributed by atoms with Gasteiger partial charge in [0.05, 0.1) is 37.9 Å². The average Bonchev–Trinajstić information content (AvgIpc) is 2.72. The van der Waals surface area contributed by atoms with E-state index < -0.39 is 6.10 Å². The van der Waals surface area contributed by atoms with Gasteiger partial charge in [0.15, 0.2) is 0 Å². The van der Waals surface area contributed by atoms with Crippen LogP contribution < -0.4 is 5.32 Å². The van der Waals surface area contributed by atoms with Gasteiger partial charge < -0.3 is 24.8 Å². The number of imidazole rings is 1. The second kappa shape index (κ2) is 7.34. The van der Waals surface area contributed by atoms with Gasteiger partial charge in [-0.25, -0.2) is 4.98 Å². The standard InChI is InChI=1S/C10H19N3O3/c1-16-3-2-11-4-9-5-13(8-12-9)6-10(15)7-14/h5,8,10-11,14-15H,2-4,6-7H2,1H3. The highest BCUT2D eigenvalue weighted by Crippen LogP contribution is 1.97. The van der Waals surface area contributed by atoms with Gasteiger partial charge in [-0.05, 0) is 0 Å². The lowest BCUT2D eigenvalue weighted by Crippen LogP contribution is -2.19. The van der Waals surface area contributed by atoms with Crippen molar-refractivity contribution < 1.29 is 14.9 Å². The molecule has 0 aliphatic heterocycles. The zero-order valence-electron chi connectivity index (χ0n) is 9.46. The molecule has 0 saturated heterocycles. The molecule has 6 nitrogen and oxygen atoms in total. The minimum Gasteiger partial charge on any atom is -0.394 e. The highest BCUT2D eigenvalue weighted by Gasteiger charge is 2.04. The second-order valence-electron chi connectivity index (χ2n) is 3.57. The van der Waals surface area contributed by atoms with Gasteiger partial charge in [0.1, 0.15) is 0 Å². The predicted octanol–water partition coefficient (Wildman–Crippen LogP) is -1.03. The summed E-state index contributed by atoms with van der Waals surface area (Å²) < 4.78 is 6.66. The first-order valence-corrected chi connectivity index (χ1v) is 5.25. The molecule has 0 radical (unpaired) electrons. The first-order valence-electron chi connectivity index (χ1n) is 5.25. The number of nitrogens with zero attached hydrogens (tertiary/aromatic N) is 2. The molecule has 0 aliphatic rings. The minimum atomic E-state index is -0.733. The third kappa shape index (κ3) is 4.71. The number of nitrogens with one attached hydrogen (secondary N) is 1. The number of rotatable bonds is 8. The lowest BCUT2D eigenvalue weighted by molar-refractivity contribution is 0.0812. The van der Waals surface area contributed by atoms with Gasteiger partial charge in [0, 0.05) is 26.4 Å². The molecule has 92 valence electrons. The van der Waals surface area contributed by atoms with E-state index in [1.807, 2.05) is 6.20 Å². The lowest BCUT2D eigenvalue weighted by atomic mass is 10.4. The number of aromatic nitrogens is 2. The SMILES string of the molecule is COCCNCc1cn(CC(O)CO)cn1. The summed E-state index contributed by atoms with van der Waals surface area (Å²) in [5.74, 6) is 0. The molecule has 1 aromatic heterocycles. The maximum absolute atomic E-state index is 9.24. The molecule has 16 heavy (non-hydrogen) atoms. The van der Waals surface area contributed by atoms with Gasteiger partial charge in [0.25, 0.3) is 0 Å². The first-order chi connectivity index (χ1) is 7.76. The van der Waals surface area contributed by atoms with Crippen molar-refractivity contribution in [2.45, 2.75) is 19.2 Å². The van der Waals surface area contributed by atoms with E-state index in [9.17, 15) is 5.11 Å². The molecule has 3 N–H and O–H groups in total. The van der Waals surface area contributed by atoms with Crippen molar-refractivity contribution in [3.63, 3.8) is 0 Å². The van der Waals surface area contributed by atoms with Gasteiger partial charge in [-0.2, -0.15) is 0 Å². The summed E-state index contributed by atoms with van der Waals surface area (Å²) in [6.45, 7) is 2.25. The van der Waals surface area contributed by atoms with Crippen molar-refractivity contribution >= 4 is 0 Å². The molecule has 1 heterocycles. The van der Waals surface area contributed by atoms with Crippen molar-refractivity contribution in [2.75, 3.05) is 26.9 Å². The molecule has 1 unspecified atom stereocenters. The normalized spacial score (nSPS) is 12.9. The molecule has 0 fully saturated rings. The molecular weight excluding hydrogens is 210 g/mol. The molecule has 0 saturated carbocycles. The molecule has 0 amide bonds. The summed E-state index contributed by atoms with van der Waals surface area (Å²) in [6.07, 6.45) is 2.76. The van der Waals surface area contributed by atoms with Gasteiger partial charge in [-0.1, -0.05) is 0 Å². The van der Waals surface area contributed by atoms with Crippen LogP contribution >= 0.6 is 0 Å². The molecule has 1 aromatic rings. The number of aliphatic hydroxyl groups excluding tert-OH is 2. The Morgan fingerprint density at radius 3 is 3.12 bits per heavy atom. The summed E-state index contributed by atoms with van der Waals surface area (Å²) in [6, 6.07) is 0. The Balaban J connectivity index is 2.28. The average molecular weight is 229 g/mol. The fourth-order valence-corrected chi connectivity index (χ4v) is 1.29. The van der Waals surface area contributed by atoms with Crippen molar-refractivity contribution in [3.8, 4) is 0 Å². The fraction of sp³-hybridized carbons (Fsp3) is 0.700. The first kappa shape index (κ1) is 13.1. The monoisotopic (exact) mass is 229 g/mol. The van der Waals surface area contributed by atoms with Crippen LogP contribution in [0.25, 0.3) is 0 Å². The Morgan fingerprint density at radius 2 is 2.44 bits per heavy atom. The van der Waals surface area contributed by atoms with Crippen LogP contribution in [0.15, 0.2) is 12.5 Å². The third-order valence-electron chi connectivity index (χ3n) is 2.11. The Labute approximate surface area is 94.9 Å². The van der Waals surface area contributed by atoms with E-state index in [0.29, 0.717) is 19.7 Å². The quantitative estimate of drug-likeness (QED) is 0.497. The van der Waals surface area contributed by atoms with Crippen LogP contribution in [0.4, 0.5) is 0 Å². The van der Waals surface area contributed by atoms with Crippen LogP contribution in [-0.2, 0) is 17.8 Å². The fourth-order valence-electron chi connectivity index (χ4n) is 1.29. The molecule has 0 spiro atoms. The van der Waals surface area contributed by atoms with Crippen LogP contribution in [0.3, 0.4) is 0 Å². The molecule has 1 rings (SSSR count). The highest BCUT2D eigenvalue weighted by atomic mass is 16.5. The number of hydrogen-bond acceptors (Lipinski definition) is 5. The zero-order chi connectivity index (χ0) is 11.8. The van der Waals surface area contributed by atoms with E-state index in [4.69, 9.17) is 9.84 Å². The number of ether oxygens (including phenoxy) is 1. The van der Waals surface area contributed by atoms with Gasteiger partial charge >= 0.3 is 0 Å². The van der Waals surface area contributed by atoms with Gasteiger partial charge in [0.2, 0.25) is 0 Å². The maximum Gasteiger partial charge on any atom is 0.0950 e. The number of hydrogen-bond donors (Lipinski definition) is 3. The smallest absolute Gasteiger partial charge is 0.0950 e. The third-order valence-corrected chi connectivity index (χ3v) is 2.11. The van der Waals surface area contributed by atoms with E-state index in [0.717, 1.165) is 12.2 Å². The summed E-state index contributed by atoms with van der Waals surface area (Å²) in [7, 11) is 1.66. The highest BCUT2D eigenvalue weighted by molar-refractivity contribution is 4.96. The van der Waals surface area contributed by atoms with Crippen molar-refractivity contribution in [3.05, 3.63) is 18.2 Å². The maximum atomic E-state index is 9.24. The molecule has 6 heteroatoms. The van der Waals surface area contributed by atoms with Gasteiger partial charge in [-0.3, -0.25) is 0 Å². The molecule has 0 aliphatic carbocycles. The predicted molar refractivity (Wildman–Crippen MR) is 58.9 cm³/mol. The van der Waals surface area contributed by atoms with Crippen molar-refractivity contribution in [1.82, 2.24) is 14.9 Å². The Hall–Kier alpha value is -0.950. The summed E-state index contributed by atoms with van der Waals surface area (Å²) >= 11 is 0. The molecule has 0 bridgehead atoms. The lowest BCUT2D eigenvalue weighted by Gasteiger charge is -2.06. The number of methoxy groups -OCH3 is 1. The van der Waals surface area contributed by atoms with E-state index in [2.05, 4.69) is 10.3 Å². The van der Waals surface area contributed by atoms with E-state index in [1.165, 1.54) is 0 Å². The van der Waals surface area contributed by atoms with Gasteiger partial charge in [-0.15, -0.1) is 0 Å². The largest absolute Gasteiger partial charge is 0.394 e. The minimum absolute atomic E-state index is 0.237. The van der Waals surface area contributed by atoms with Crippen molar-refractivity contribution in [1.29, 1.82) is 0 Å². The van der Waals surface area contributed by atoms with E-state index >= 15 is 0 Å². The summed E-state index contributed by atoms with van der Waals surface area (Å²) in [5.41, 5.74) is 0.904. The molecule has 0 aromatic carbocycles. The summed E-state index contributed by atoms with van der Waals surface area (Å²) in [5, 5.41) is 21.1. The topological polar surface area (TPSA) is 79.5 Å². The van der Waals surface area contributed by atoms with E-state index in [1.54, 1.807) is 18.0 Å². The second-order valence-corrected chi connectivity index (χ2v) is 3.57.